The second kappa shape index (κ2) is 5.90. The van der Waals surface area contributed by atoms with E-state index in [1.807, 2.05) is 0 Å². The Labute approximate surface area is 131 Å². The molecule has 2 heterocycles. The smallest absolute Gasteiger partial charge is 0.0783 e. The topological polar surface area (TPSA) is 24.9 Å². The summed E-state index contributed by atoms with van der Waals surface area (Å²) in [7, 11) is 0. The van der Waals surface area contributed by atoms with Crippen LogP contribution < -0.4 is 5.32 Å². The van der Waals surface area contributed by atoms with E-state index in [9.17, 15) is 0 Å². The maximum Gasteiger partial charge on any atom is 0.0783 e. The number of benzene rings is 2. The van der Waals surface area contributed by atoms with Crippen LogP contribution in [0.25, 0.3) is 22.0 Å². The summed E-state index contributed by atoms with van der Waals surface area (Å²) in [5.74, 6) is 0.577. The number of pyridine rings is 1. The van der Waals surface area contributed by atoms with Gasteiger partial charge in [-0.2, -0.15) is 0 Å². The number of nitrogens with zero attached hydrogens (tertiary/aromatic N) is 1. The number of hydrogen-bond acceptors (Lipinski definition) is 2. The van der Waals surface area contributed by atoms with Crippen LogP contribution in [0.15, 0.2) is 60.7 Å². The number of piperidine rings is 1. The minimum atomic E-state index is 0.577. The molecule has 0 atom stereocenters. The second-order valence-corrected chi connectivity index (χ2v) is 6.01. The highest BCUT2D eigenvalue weighted by atomic mass is 14.9. The van der Waals surface area contributed by atoms with Crippen LogP contribution in [0, 0.1) is 0 Å². The lowest BCUT2D eigenvalue weighted by atomic mass is 9.92. The van der Waals surface area contributed by atoms with Gasteiger partial charge in [0.15, 0.2) is 0 Å². The second-order valence-electron chi connectivity index (χ2n) is 6.01. The van der Waals surface area contributed by atoms with Crippen molar-refractivity contribution in [3.8, 4) is 11.3 Å². The maximum absolute atomic E-state index is 5.07. The summed E-state index contributed by atoms with van der Waals surface area (Å²) in [4.78, 5) is 5.07. The van der Waals surface area contributed by atoms with E-state index in [0.29, 0.717) is 5.92 Å². The molecule has 0 saturated carbocycles. The summed E-state index contributed by atoms with van der Waals surface area (Å²) in [5.41, 5.74) is 3.57. The summed E-state index contributed by atoms with van der Waals surface area (Å²) >= 11 is 0. The first-order valence-electron chi connectivity index (χ1n) is 8.07. The average Bonchev–Trinajstić information content (AvgIpc) is 2.62. The summed E-state index contributed by atoms with van der Waals surface area (Å²) in [6.45, 7) is 2.19. The van der Waals surface area contributed by atoms with Gasteiger partial charge in [-0.25, -0.2) is 0 Å². The lowest BCUT2D eigenvalue weighted by Gasteiger charge is -2.23. The van der Waals surface area contributed by atoms with E-state index in [1.165, 1.54) is 34.9 Å². The Kier molecular flexibility index (Phi) is 3.61. The van der Waals surface area contributed by atoms with E-state index in [4.69, 9.17) is 4.98 Å². The van der Waals surface area contributed by atoms with Crippen LogP contribution in [0.3, 0.4) is 0 Å². The van der Waals surface area contributed by atoms with Gasteiger partial charge in [-0.1, -0.05) is 54.6 Å². The average molecular weight is 288 g/mol. The van der Waals surface area contributed by atoms with Crippen molar-refractivity contribution < 1.29 is 0 Å². The molecule has 2 aromatic carbocycles. The first kappa shape index (κ1) is 13.5. The molecule has 110 valence electrons. The molecule has 0 aliphatic carbocycles. The van der Waals surface area contributed by atoms with Gasteiger partial charge in [-0.3, -0.25) is 4.98 Å². The van der Waals surface area contributed by atoms with Crippen LogP contribution in [0.2, 0.25) is 0 Å². The summed E-state index contributed by atoms with van der Waals surface area (Å²) in [6, 6.07) is 21.4. The van der Waals surface area contributed by atoms with Crippen LogP contribution in [0.5, 0.6) is 0 Å². The maximum atomic E-state index is 5.07. The molecule has 4 rings (SSSR count). The van der Waals surface area contributed by atoms with E-state index in [2.05, 4.69) is 66.0 Å². The quantitative estimate of drug-likeness (QED) is 0.757. The van der Waals surface area contributed by atoms with Crippen molar-refractivity contribution >= 4 is 10.8 Å². The van der Waals surface area contributed by atoms with Crippen molar-refractivity contribution in [1.29, 1.82) is 0 Å². The monoisotopic (exact) mass is 288 g/mol. The zero-order chi connectivity index (χ0) is 14.8. The van der Waals surface area contributed by atoms with Crippen LogP contribution in [-0.4, -0.2) is 18.1 Å². The highest BCUT2D eigenvalue weighted by molar-refractivity contribution is 5.94. The van der Waals surface area contributed by atoms with E-state index < -0.39 is 0 Å². The summed E-state index contributed by atoms with van der Waals surface area (Å²) < 4.78 is 0. The normalized spacial score (nSPS) is 16.0. The molecule has 0 bridgehead atoms. The van der Waals surface area contributed by atoms with Gasteiger partial charge in [0.25, 0.3) is 0 Å². The van der Waals surface area contributed by atoms with Crippen molar-refractivity contribution in [3.05, 3.63) is 66.4 Å². The van der Waals surface area contributed by atoms with Gasteiger partial charge in [0.2, 0.25) is 0 Å². The SMILES string of the molecule is c1ccc(-c2nc(C3CCNCC3)cc3ccccc23)cc1. The van der Waals surface area contributed by atoms with Gasteiger partial charge in [0.05, 0.1) is 5.69 Å². The Morgan fingerprint density at radius 3 is 2.41 bits per heavy atom. The molecule has 0 radical (unpaired) electrons. The molecule has 1 saturated heterocycles. The van der Waals surface area contributed by atoms with Gasteiger partial charge in [-0.15, -0.1) is 0 Å². The number of nitrogens with one attached hydrogen (secondary N) is 1. The fourth-order valence-corrected chi connectivity index (χ4v) is 3.36. The van der Waals surface area contributed by atoms with Crippen molar-refractivity contribution in [2.45, 2.75) is 18.8 Å². The van der Waals surface area contributed by atoms with E-state index >= 15 is 0 Å². The molecule has 22 heavy (non-hydrogen) atoms. The van der Waals surface area contributed by atoms with Crippen molar-refractivity contribution in [3.63, 3.8) is 0 Å². The van der Waals surface area contributed by atoms with Gasteiger partial charge >= 0.3 is 0 Å². The van der Waals surface area contributed by atoms with Crippen LogP contribution in [0.1, 0.15) is 24.5 Å². The molecule has 0 unspecified atom stereocenters. The molecule has 1 aromatic heterocycles. The van der Waals surface area contributed by atoms with Crippen molar-refractivity contribution in [2.24, 2.45) is 0 Å². The highest BCUT2D eigenvalue weighted by Gasteiger charge is 2.18. The Bertz CT molecular complexity index is 774. The molecule has 0 spiro atoms. The fourth-order valence-electron chi connectivity index (χ4n) is 3.36. The number of hydrogen-bond donors (Lipinski definition) is 1. The largest absolute Gasteiger partial charge is 0.317 e. The molecular weight excluding hydrogens is 268 g/mol. The number of aromatic nitrogens is 1. The van der Waals surface area contributed by atoms with Gasteiger partial charge in [0.1, 0.15) is 0 Å². The summed E-state index contributed by atoms with van der Waals surface area (Å²) in [5, 5.41) is 5.98. The lowest BCUT2D eigenvalue weighted by Crippen LogP contribution is -2.27. The minimum Gasteiger partial charge on any atom is -0.317 e. The first-order valence-corrected chi connectivity index (χ1v) is 8.07. The van der Waals surface area contributed by atoms with Gasteiger partial charge in [-0.05, 0) is 37.4 Å². The van der Waals surface area contributed by atoms with Crippen LogP contribution >= 0.6 is 0 Å². The third-order valence-corrected chi connectivity index (χ3v) is 4.56. The standard InChI is InChI=1S/C20H20N2/c1-2-6-16(7-3-1)20-18-9-5-4-8-17(18)14-19(22-20)15-10-12-21-13-11-15/h1-9,14-15,21H,10-13H2. The van der Waals surface area contributed by atoms with Crippen molar-refractivity contribution in [1.82, 2.24) is 10.3 Å². The lowest BCUT2D eigenvalue weighted by molar-refractivity contribution is 0.454. The molecule has 1 fully saturated rings. The van der Waals surface area contributed by atoms with Crippen LogP contribution in [0.4, 0.5) is 0 Å². The molecule has 2 nitrogen and oxygen atoms in total. The Morgan fingerprint density at radius 1 is 0.864 bits per heavy atom. The molecule has 3 aromatic rings. The third kappa shape index (κ3) is 2.51. The van der Waals surface area contributed by atoms with E-state index in [0.717, 1.165) is 18.8 Å². The Balaban J connectivity index is 1.89. The molecule has 1 N–H and O–H groups in total. The molecular formula is C20H20N2. The number of fused-ring (bicyclic) bond motifs is 1. The summed E-state index contributed by atoms with van der Waals surface area (Å²) in [6.07, 6.45) is 2.36. The fraction of sp³-hybridized carbons (Fsp3) is 0.250. The van der Waals surface area contributed by atoms with E-state index in [-0.39, 0.29) is 0 Å². The van der Waals surface area contributed by atoms with E-state index in [1.54, 1.807) is 0 Å². The van der Waals surface area contributed by atoms with Gasteiger partial charge < -0.3 is 5.32 Å². The zero-order valence-corrected chi connectivity index (χ0v) is 12.6. The highest BCUT2D eigenvalue weighted by Crippen LogP contribution is 2.32. The molecule has 1 aliphatic rings. The third-order valence-electron chi connectivity index (χ3n) is 4.56. The Hall–Kier alpha value is -2.19. The van der Waals surface area contributed by atoms with Crippen molar-refractivity contribution in [2.75, 3.05) is 13.1 Å². The minimum absolute atomic E-state index is 0.577. The Morgan fingerprint density at radius 2 is 1.59 bits per heavy atom. The molecule has 2 heteroatoms. The predicted octanol–water partition coefficient (Wildman–Crippen LogP) is 4.37. The van der Waals surface area contributed by atoms with Crippen LogP contribution in [-0.2, 0) is 0 Å². The first-order chi connectivity index (χ1) is 10.9. The number of rotatable bonds is 2. The molecule has 0 amide bonds. The zero-order valence-electron chi connectivity index (χ0n) is 12.6. The molecule has 1 aliphatic heterocycles. The predicted molar refractivity (Wildman–Crippen MR) is 92.0 cm³/mol. The van der Waals surface area contributed by atoms with Gasteiger partial charge in [0, 0.05) is 22.6 Å².